The van der Waals surface area contributed by atoms with Gasteiger partial charge < -0.3 is 19.4 Å². The van der Waals surface area contributed by atoms with Crippen molar-refractivity contribution in [2.45, 2.75) is 13.0 Å². The first-order valence-corrected chi connectivity index (χ1v) is 10.4. The Morgan fingerprint density at radius 2 is 2.17 bits per heavy atom. The zero-order chi connectivity index (χ0) is 21.5. The second kappa shape index (κ2) is 10.3. The van der Waals surface area contributed by atoms with Crippen LogP contribution < -0.4 is 14.8 Å². The van der Waals surface area contributed by atoms with Crippen molar-refractivity contribution >= 4 is 46.2 Å². The summed E-state index contributed by atoms with van der Waals surface area (Å²) in [6, 6.07) is 5.33. The Kier molecular flexibility index (Phi) is 7.47. The van der Waals surface area contributed by atoms with Gasteiger partial charge in [0.15, 0.2) is 0 Å². The molecule has 30 heavy (non-hydrogen) atoms. The summed E-state index contributed by atoms with van der Waals surface area (Å²) in [7, 11) is 3.12. The van der Waals surface area contributed by atoms with Crippen LogP contribution in [-0.2, 0) is 16.1 Å². The fourth-order valence-corrected chi connectivity index (χ4v) is 4.07. The number of hydrogen-bond acceptors (Lipinski definition) is 7. The Morgan fingerprint density at radius 3 is 2.87 bits per heavy atom. The number of thioether (sulfide) groups is 1. The van der Waals surface area contributed by atoms with Crippen LogP contribution in [0.2, 0.25) is 0 Å². The fourth-order valence-electron chi connectivity index (χ4n) is 2.82. The maximum absolute atomic E-state index is 12.8. The number of amides is 2. The third-order valence-corrected chi connectivity index (χ3v) is 5.75. The van der Waals surface area contributed by atoms with E-state index in [2.05, 4.69) is 10.3 Å². The summed E-state index contributed by atoms with van der Waals surface area (Å²) in [5, 5.41) is 2.82. The summed E-state index contributed by atoms with van der Waals surface area (Å²) in [4.78, 5) is 30.7. The second-order valence-corrected chi connectivity index (χ2v) is 8.06. The normalized spacial score (nSPS) is 15.0. The third kappa shape index (κ3) is 5.39. The SMILES string of the molecule is COc1ccc(/C=C2\SC(=S)N(CC(=O)NCCCn3ccnc3)C2=O)c(OC)c1. The number of methoxy groups -OCH3 is 2. The van der Waals surface area contributed by atoms with Crippen molar-refractivity contribution in [3.8, 4) is 11.5 Å². The molecule has 1 aliphatic heterocycles. The minimum absolute atomic E-state index is 0.104. The van der Waals surface area contributed by atoms with E-state index in [1.54, 1.807) is 51.0 Å². The van der Waals surface area contributed by atoms with Crippen LogP contribution in [0.1, 0.15) is 12.0 Å². The molecule has 1 aromatic carbocycles. The number of nitrogens with zero attached hydrogens (tertiary/aromatic N) is 3. The molecule has 2 amide bonds. The van der Waals surface area contributed by atoms with E-state index in [0.29, 0.717) is 27.3 Å². The van der Waals surface area contributed by atoms with Crippen molar-refractivity contribution in [3.05, 3.63) is 47.4 Å². The number of aryl methyl sites for hydroxylation is 1. The van der Waals surface area contributed by atoms with Crippen LogP contribution in [0.5, 0.6) is 11.5 Å². The van der Waals surface area contributed by atoms with E-state index < -0.39 is 0 Å². The van der Waals surface area contributed by atoms with Gasteiger partial charge in [0.05, 0.1) is 25.5 Å². The lowest BCUT2D eigenvalue weighted by Crippen LogP contribution is -2.39. The standard InChI is InChI=1S/C20H22N4O4S2/c1-27-15-5-4-14(16(11-15)28-2)10-17-19(26)24(20(29)30-17)12-18(25)22-6-3-8-23-9-7-21-13-23/h4-5,7,9-11,13H,3,6,8,12H2,1-2H3,(H,22,25)/b17-10-. The Hall–Kier alpha value is -2.85. The predicted molar refractivity (Wildman–Crippen MR) is 119 cm³/mol. The van der Waals surface area contributed by atoms with E-state index in [1.807, 2.05) is 10.8 Å². The Balaban J connectivity index is 1.57. The molecule has 158 valence electrons. The molecule has 0 spiro atoms. The van der Waals surface area contributed by atoms with E-state index in [9.17, 15) is 9.59 Å². The van der Waals surface area contributed by atoms with Crippen LogP contribution in [-0.4, -0.2) is 57.9 Å². The number of rotatable bonds is 9. The quantitative estimate of drug-likeness (QED) is 0.359. The molecule has 1 fully saturated rings. The monoisotopic (exact) mass is 446 g/mol. The summed E-state index contributed by atoms with van der Waals surface area (Å²) in [5.41, 5.74) is 0.725. The number of carbonyl (C=O) groups excluding carboxylic acids is 2. The maximum atomic E-state index is 12.8. The molecule has 1 aromatic heterocycles. The van der Waals surface area contributed by atoms with Gasteiger partial charge in [-0.15, -0.1) is 0 Å². The third-order valence-electron chi connectivity index (χ3n) is 4.38. The number of nitrogens with one attached hydrogen (secondary N) is 1. The topological polar surface area (TPSA) is 85.7 Å². The Labute approximate surface area is 184 Å². The first-order chi connectivity index (χ1) is 14.5. The second-order valence-electron chi connectivity index (χ2n) is 6.38. The van der Waals surface area contributed by atoms with Crippen molar-refractivity contribution in [2.24, 2.45) is 0 Å². The maximum Gasteiger partial charge on any atom is 0.266 e. The average molecular weight is 447 g/mol. The molecule has 0 aliphatic carbocycles. The molecular formula is C20H22N4O4S2. The number of imidazole rings is 1. The number of carbonyl (C=O) groups is 2. The van der Waals surface area contributed by atoms with E-state index in [0.717, 1.165) is 18.5 Å². The van der Waals surface area contributed by atoms with Gasteiger partial charge in [-0.1, -0.05) is 24.0 Å². The number of benzene rings is 1. The molecule has 1 aliphatic rings. The first-order valence-electron chi connectivity index (χ1n) is 9.21. The van der Waals surface area contributed by atoms with Crippen molar-refractivity contribution < 1.29 is 19.1 Å². The summed E-state index contributed by atoms with van der Waals surface area (Å²) in [5.74, 6) is 0.688. The van der Waals surface area contributed by atoms with Gasteiger partial charge in [0, 0.05) is 37.1 Å². The zero-order valence-corrected chi connectivity index (χ0v) is 18.3. The molecule has 0 unspecified atom stereocenters. The van der Waals surface area contributed by atoms with Crippen molar-refractivity contribution in [1.29, 1.82) is 0 Å². The Bertz CT molecular complexity index is 960. The Morgan fingerprint density at radius 1 is 1.33 bits per heavy atom. The molecule has 2 heterocycles. The van der Waals surface area contributed by atoms with Crippen molar-refractivity contribution in [2.75, 3.05) is 27.3 Å². The number of hydrogen-bond donors (Lipinski definition) is 1. The van der Waals surface area contributed by atoms with Crippen LogP contribution in [0.3, 0.4) is 0 Å². The van der Waals surface area contributed by atoms with Crippen LogP contribution in [0, 0.1) is 0 Å². The summed E-state index contributed by atoms with van der Waals surface area (Å²) in [6.45, 7) is 1.16. The molecule has 1 N–H and O–H groups in total. The number of aromatic nitrogens is 2. The summed E-state index contributed by atoms with van der Waals surface area (Å²) >= 11 is 6.47. The highest BCUT2D eigenvalue weighted by atomic mass is 32.2. The van der Waals surface area contributed by atoms with Crippen molar-refractivity contribution in [3.63, 3.8) is 0 Å². The fraction of sp³-hybridized carbons (Fsp3) is 0.300. The lowest BCUT2D eigenvalue weighted by Gasteiger charge is -2.14. The molecule has 0 radical (unpaired) electrons. The van der Waals surface area contributed by atoms with E-state index in [1.165, 1.54) is 16.7 Å². The van der Waals surface area contributed by atoms with Crippen LogP contribution in [0.4, 0.5) is 0 Å². The first kappa shape index (κ1) is 21.8. The molecule has 0 bridgehead atoms. The van der Waals surface area contributed by atoms with Gasteiger partial charge in [-0.25, -0.2) is 4.98 Å². The molecule has 0 atom stereocenters. The highest BCUT2D eigenvalue weighted by molar-refractivity contribution is 8.26. The highest BCUT2D eigenvalue weighted by Crippen LogP contribution is 2.35. The molecule has 10 heteroatoms. The van der Waals surface area contributed by atoms with E-state index in [4.69, 9.17) is 21.7 Å². The van der Waals surface area contributed by atoms with Gasteiger partial charge in [-0.2, -0.15) is 0 Å². The van der Waals surface area contributed by atoms with Crippen LogP contribution in [0.15, 0.2) is 41.8 Å². The zero-order valence-electron chi connectivity index (χ0n) is 16.7. The molecule has 1 saturated heterocycles. The molecule has 3 rings (SSSR count). The lowest BCUT2D eigenvalue weighted by molar-refractivity contribution is -0.128. The molecular weight excluding hydrogens is 424 g/mol. The van der Waals surface area contributed by atoms with Crippen molar-refractivity contribution in [1.82, 2.24) is 19.8 Å². The number of ether oxygens (including phenoxy) is 2. The van der Waals surface area contributed by atoms with E-state index in [-0.39, 0.29) is 18.4 Å². The van der Waals surface area contributed by atoms with Gasteiger partial charge in [0.2, 0.25) is 5.91 Å². The minimum atomic E-state index is -0.295. The van der Waals surface area contributed by atoms with Gasteiger partial charge >= 0.3 is 0 Å². The smallest absolute Gasteiger partial charge is 0.266 e. The van der Waals surface area contributed by atoms with Crippen LogP contribution >= 0.6 is 24.0 Å². The van der Waals surface area contributed by atoms with Crippen LogP contribution in [0.25, 0.3) is 6.08 Å². The molecule has 2 aromatic rings. The van der Waals surface area contributed by atoms with E-state index >= 15 is 0 Å². The summed E-state index contributed by atoms with van der Waals surface area (Å²) in [6.07, 6.45) is 7.78. The predicted octanol–water partition coefficient (Wildman–Crippen LogP) is 2.31. The number of thiocarbonyl (C=S) groups is 1. The summed E-state index contributed by atoms with van der Waals surface area (Å²) < 4.78 is 12.9. The average Bonchev–Trinajstić information content (AvgIpc) is 3.35. The largest absolute Gasteiger partial charge is 0.497 e. The van der Waals surface area contributed by atoms with Gasteiger partial charge in [-0.3, -0.25) is 14.5 Å². The van der Waals surface area contributed by atoms with Gasteiger partial charge in [0.1, 0.15) is 22.4 Å². The molecule has 8 nitrogen and oxygen atoms in total. The van der Waals surface area contributed by atoms with Gasteiger partial charge in [-0.05, 0) is 24.6 Å². The highest BCUT2D eigenvalue weighted by Gasteiger charge is 2.33. The minimum Gasteiger partial charge on any atom is -0.497 e. The lowest BCUT2D eigenvalue weighted by atomic mass is 10.1. The molecule has 0 saturated carbocycles. The van der Waals surface area contributed by atoms with Gasteiger partial charge in [0.25, 0.3) is 5.91 Å².